The maximum absolute atomic E-state index is 5.58. The van der Waals surface area contributed by atoms with E-state index in [1.165, 1.54) is 0 Å². The molecule has 0 bridgehead atoms. The van der Waals surface area contributed by atoms with E-state index in [2.05, 4.69) is 13.2 Å². The Morgan fingerprint density at radius 1 is 1.13 bits per heavy atom. The van der Waals surface area contributed by atoms with Crippen LogP contribution in [-0.2, 0) is 0 Å². The minimum atomic E-state index is 0.407. The molecule has 80 valence electrons. The standard InChI is InChI=1S/C14H18O/c1-3-13(4-2)9-8-12-15-14-10-6-5-7-11-14/h3-7,10-11,13H,1-2,8-9,12H2. The van der Waals surface area contributed by atoms with Crippen LogP contribution in [0.3, 0.4) is 0 Å². The van der Waals surface area contributed by atoms with Crippen molar-refractivity contribution in [2.45, 2.75) is 12.8 Å². The first kappa shape index (κ1) is 11.6. The second-order valence-corrected chi connectivity index (χ2v) is 3.44. The van der Waals surface area contributed by atoms with E-state index in [0.717, 1.165) is 25.2 Å². The first-order chi connectivity index (χ1) is 7.36. The monoisotopic (exact) mass is 202 g/mol. The Hall–Kier alpha value is -1.50. The Bertz CT molecular complexity index is 281. The van der Waals surface area contributed by atoms with E-state index in [1.807, 2.05) is 42.5 Å². The van der Waals surface area contributed by atoms with Gasteiger partial charge in [-0.05, 0) is 30.9 Å². The summed E-state index contributed by atoms with van der Waals surface area (Å²) < 4.78 is 5.58. The lowest BCUT2D eigenvalue weighted by Crippen LogP contribution is -2.00. The molecule has 1 heteroatoms. The van der Waals surface area contributed by atoms with E-state index < -0.39 is 0 Å². The van der Waals surface area contributed by atoms with E-state index in [1.54, 1.807) is 0 Å². The van der Waals surface area contributed by atoms with Gasteiger partial charge in [-0.1, -0.05) is 30.4 Å². The van der Waals surface area contributed by atoms with Gasteiger partial charge in [0.2, 0.25) is 0 Å². The molecular weight excluding hydrogens is 184 g/mol. The van der Waals surface area contributed by atoms with Crippen LogP contribution in [0.15, 0.2) is 55.6 Å². The molecule has 1 rings (SSSR count). The molecule has 0 unspecified atom stereocenters. The highest BCUT2D eigenvalue weighted by atomic mass is 16.5. The molecule has 0 aliphatic rings. The van der Waals surface area contributed by atoms with Crippen LogP contribution in [0.4, 0.5) is 0 Å². The molecule has 0 atom stereocenters. The maximum Gasteiger partial charge on any atom is 0.119 e. The number of benzene rings is 1. The summed E-state index contributed by atoms with van der Waals surface area (Å²) in [5.41, 5.74) is 0. The summed E-state index contributed by atoms with van der Waals surface area (Å²) in [6.45, 7) is 8.27. The van der Waals surface area contributed by atoms with E-state index in [4.69, 9.17) is 4.74 Å². The summed E-state index contributed by atoms with van der Waals surface area (Å²) in [4.78, 5) is 0. The average Bonchev–Trinajstić information content (AvgIpc) is 2.31. The zero-order valence-corrected chi connectivity index (χ0v) is 9.06. The Morgan fingerprint density at radius 2 is 1.80 bits per heavy atom. The molecule has 0 aliphatic heterocycles. The first-order valence-electron chi connectivity index (χ1n) is 5.29. The van der Waals surface area contributed by atoms with Gasteiger partial charge >= 0.3 is 0 Å². The Kier molecular flexibility index (Phi) is 5.31. The van der Waals surface area contributed by atoms with Gasteiger partial charge in [-0.15, -0.1) is 13.2 Å². The van der Waals surface area contributed by atoms with Crippen molar-refractivity contribution in [2.24, 2.45) is 5.92 Å². The van der Waals surface area contributed by atoms with Gasteiger partial charge in [0.1, 0.15) is 5.75 Å². The van der Waals surface area contributed by atoms with Gasteiger partial charge in [0.15, 0.2) is 0 Å². The molecule has 0 aliphatic carbocycles. The summed E-state index contributed by atoms with van der Waals surface area (Å²) >= 11 is 0. The van der Waals surface area contributed by atoms with Crippen LogP contribution < -0.4 is 4.74 Å². The molecule has 0 N–H and O–H groups in total. The smallest absolute Gasteiger partial charge is 0.119 e. The van der Waals surface area contributed by atoms with Crippen molar-refractivity contribution in [3.8, 4) is 5.75 Å². The Labute approximate surface area is 92.1 Å². The lowest BCUT2D eigenvalue weighted by Gasteiger charge is -2.08. The van der Waals surface area contributed by atoms with Gasteiger partial charge in [-0.3, -0.25) is 0 Å². The number of para-hydroxylation sites is 1. The molecule has 1 aromatic rings. The molecule has 0 radical (unpaired) electrons. The zero-order valence-electron chi connectivity index (χ0n) is 9.06. The van der Waals surface area contributed by atoms with Crippen molar-refractivity contribution in [3.05, 3.63) is 55.6 Å². The van der Waals surface area contributed by atoms with E-state index in [0.29, 0.717) is 5.92 Å². The van der Waals surface area contributed by atoms with E-state index in [-0.39, 0.29) is 0 Å². The van der Waals surface area contributed by atoms with Gasteiger partial charge in [0.25, 0.3) is 0 Å². The SMILES string of the molecule is C=CC(C=C)CCCOc1ccccc1. The quantitative estimate of drug-likeness (QED) is 0.482. The molecule has 0 aromatic heterocycles. The Balaban J connectivity index is 2.17. The fourth-order valence-electron chi connectivity index (χ4n) is 1.36. The van der Waals surface area contributed by atoms with Crippen LogP contribution in [-0.4, -0.2) is 6.61 Å². The van der Waals surface area contributed by atoms with Crippen molar-refractivity contribution in [1.82, 2.24) is 0 Å². The largest absolute Gasteiger partial charge is 0.494 e. The van der Waals surface area contributed by atoms with Crippen molar-refractivity contribution in [3.63, 3.8) is 0 Å². The molecular formula is C14H18O. The topological polar surface area (TPSA) is 9.23 Å². The highest BCUT2D eigenvalue weighted by Crippen LogP contribution is 2.11. The summed E-state index contributed by atoms with van der Waals surface area (Å²) in [5.74, 6) is 1.34. The molecule has 0 fully saturated rings. The van der Waals surface area contributed by atoms with Crippen LogP contribution in [0.1, 0.15) is 12.8 Å². The third-order valence-corrected chi connectivity index (χ3v) is 2.30. The minimum Gasteiger partial charge on any atom is -0.494 e. The molecule has 0 saturated heterocycles. The normalized spacial score (nSPS) is 9.93. The lowest BCUT2D eigenvalue weighted by atomic mass is 10.0. The predicted octanol–water partition coefficient (Wildman–Crippen LogP) is 3.83. The lowest BCUT2D eigenvalue weighted by molar-refractivity contribution is 0.303. The molecule has 0 amide bonds. The van der Waals surface area contributed by atoms with Crippen molar-refractivity contribution in [1.29, 1.82) is 0 Å². The summed E-state index contributed by atoms with van der Waals surface area (Å²) in [5, 5.41) is 0. The summed E-state index contributed by atoms with van der Waals surface area (Å²) in [6.07, 6.45) is 5.93. The van der Waals surface area contributed by atoms with Gasteiger partial charge < -0.3 is 4.74 Å². The van der Waals surface area contributed by atoms with Crippen LogP contribution in [0.5, 0.6) is 5.75 Å². The van der Waals surface area contributed by atoms with Crippen molar-refractivity contribution < 1.29 is 4.74 Å². The molecule has 15 heavy (non-hydrogen) atoms. The predicted molar refractivity (Wildman–Crippen MR) is 65.1 cm³/mol. The fourth-order valence-corrected chi connectivity index (χ4v) is 1.36. The van der Waals surface area contributed by atoms with Crippen LogP contribution in [0.25, 0.3) is 0 Å². The van der Waals surface area contributed by atoms with Gasteiger partial charge in [0.05, 0.1) is 6.61 Å². The molecule has 1 aromatic carbocycles. The third kappa shape index (κ3) is 4.50. The first-order valence-corrected chi connectivity index (χ1v) is 5.29. The molecule has 0 spiro atoms. The van der Waals surface area contributed by atoms with Crippen LogP contribution in [0, 0.1) is 5.92 Å². The third-order valence-electron chi connectivity index (χ3n) is 2.30. The summed E-state index contributed by atoms with van der Waals surface area (Å²) in [7, 11) is 0. The highest BCUT2D eigenvalue weighted by molar-refractivity contribution is 5.20. The van der Waals surface area contributed by atoms with Gasteiger partial charge in [0, 0.05) is 0 Å². The van der Waals surface area contributed by atoms with E-state index in [9.17, 15) is 0 Å². The second-order valence-electron chi connectivity index (χ2n) is 3.44. The fraction of sp³-hybridized carbons (Fsp3) is 0.286. The molecule has 0 heterocycles. The van der Waals surface area contributed by atoms with E-state index >= 15 is 0 Å². The zero-order chi connectivity index (χ0) is 10.9. The van der Waals surface area contributed by atoms with Gasteiger partial charge in [-0.2, -0.15) is 0 Å². The number of rotatable bonds is 7. The van der Waals surface area contributed by atoms with Crippen molar-refractivity contribution in [2.75, 3.05) is 6.61 Å². The van der Waals surface area contributed by atoms with Crippen LogP contribution >= 0.6 is 0 Å². The number of hydrogen-bond donors (Lipinski definition) is 0. The number of allylic oxidation sites excluding steroid dienone is 2. The highest BCUT2D eigenvalue weighted by Gasteiger charge is 1.98. The molecule has 0 saturated carbocycles. The number of hydrogen-bond acceptors (Lipinski definition) is 1. The second kappa shape index (κ2) is 6.88. The Morgan fingerprint density at radius 3 is 2.40 bits per heavy atom. The number of ether oxygens (including phenoxy) is 1. The van der Waals surface area contributed by atoms with Gasteiger partial charge in [-0.25, -0.2) is 0 Å². The van der Waals surface area contributed by atoms with Crippen LogP contribution in [0.2, 0.25) is 0 Å². The molecule has 1 nitrogen and oxygen atoms in total. The summed E-state index contributed by atoms with van der Waals surface area (Å²) in [6, 6.07) is 9.88. The maximum atomic E-state index is 5.58. The minimum absolute atomic E-state index is 0.407. The van der Waals surface area contributed by atoms with Crippen molar-refractivity contribution >= 4 is 0 Å². The average molecular weight is 202 g/mol.